The summed E-state index contributed by atoms with van der Waals surface area (Å²) in [6.07, 6.45) is 1.29. The van der Waals surface area contributed by atoms with Crippen LogP contribution in [0, 0.1) is 5.95 Å². The summed E-state index contributed by atoms with van der Waals surface area (Å²) in [5.74, 6) is -1.28. The van der Waals surface area contributed by atoms with E-state index in [1.807, 2.05) is 0 Å². The van der Waals surface area contributed by atoms with E-state index in [-0.39, 0.29) is 12.1 Å². The van der Waals surface area contributed by atoms with Crippen molar-refractivity contribution in [2.75, 3.05) is 6.54 Å². The number of rotatable bonds is 3. The van der Waals surface area contributed by atoms with E-state index in [0.29, 0.717) is 4.48 Å². The molecule has 0 saturated carbocycles. The topological polar surface area (TPSA) is 42.0 Å². The van der Waals surface area contributed by atoms with Gasteiger partial charge in [0.15, 0.2) is 0 Å². The number of hydrogen-bond donors (Lipinski definition) is 1. The van der Waals surface area contributed by atoms with Gasteiger partial charge in [0.25, 0.3) is 5.91 Å². The largest absolute Gasteiger partial charge is 0.347 e. The predicted molar refractivity (Wildman–Crippen MR) is 54.6 cm³/mol. The second-order valence-electron chi connectivity index (χ2n) is 2.54. The van der Waals surface area contributed by atoms with Crippen molar-refractivity contribution in [1.82, 2.24) is 10.3 Å². The molecular weight excluding hydrogens is 251 g/mol. The summed E-state index contributed by atoms with van der Waals surface area (Å²) >= 11 is 3.08. The van der Waals surface area contributed by atoms with Crippen LogP contribution in [-0.2, 0) is 0 Å². The van der Waals surface area contributed by atoms with Gasteiger partial charge in [-0.05, 0) is 12.1 Å². The molecular formula is C9H8BrFN2O. The minimum absolute atomic E-state index is 0.0683. The highest BCUT2D eigenvalue weighted by atomic mass is 79.9. The monoisotopic (exact) mass is 258 g/mol. The SMILES string of the molecule is C=C(Br)CNC(=O)c1cccnc1F. The van der Waals surface area contributed by atoms with Gasteiger partial charge in [-0.15, -0.1) is 0 Å². The maximum atomic E-state index is 13.0. The summed E-state index contributed by atoms with van der Waals surface area (Å²) < 4.78 is 13.6. The van der Waals surface area contributed by atoms with E-state index >= 15 is 0 Å². The Hall–Kier alpha value is -1.23. The minimum Gasteiger partial charge on any atom is -0.347 e. The van der Waals surface area contributed by atoms with Crippen LogP contribution >= 0.6 is 15.9 Å². The van der Waals surface area contributed by atoms with Gasteiger partial charge in [-0.1, -0.05) is 22.5 Å². The third-order valence-electron chi connectivity index (χ3n) is 1.44. The Morgan fingerprint density at radius 2 is 2.43 bits per heavy atom. The maximum Gasteiger partial charge on any atom is 0.256 e. The van der Waals surface area contributed by atoms with Gasteiger partial charge in [0.05, 0.1) is 5.56 Å². The molecule has 1 amide bonds. The van der Waals surface area contributed by atoms with Gasteiger partial charge in [-0.25, -0.2) is 4.98 Å². The standard InChI is InChI=1S/C9H8BrFN2O/c1-6(10)5-13-9(14)7-3-2-4-12-8(7)11/h2-4H,1,5H2,(H,13,14). The Morgan fingerprint density at radius 3 is 3.00 bits per heavy atom. The van der Waals surface area contributed by atoms with Gasteiger partial charge in [0, 0.05) is 17.2 Å². The van der Waals surface area contributed by atoms with Gasteiger partial charge in [0.2, 0.25) is 5.95 Å². The zero-order valence-electron chi connectivity index (χ0n) is 7.26. The highest BCUT2D eigenvalue weighted by Crippen LogP contribution is 2.03. The second-order valence-corrected chi connectivity index (χ2v) is 3.66. The quantitative estimate of drug-likeness (QED) is 0.842. The van der Waals surface area contributed by atoms with Crippen LogP contribution < -0.4 is 5.32 Å². The number of carbonyl (C=O) groups excluding carboxylic acids is 1. The van der Waals surface area contributed by atoms with E-state index in [9.17, 15) is 9.18 Å². The number of pyridine rings is 1. The molecule has 0 aliphatic heterocycles. The summed E-state index contributed by atoms with van der Waals surface area (Å²) in [5.41, 5.74) is -0.0683. The zero-order chi connectivity index (χ0) is 10.6. The van der Waals surface area contributed by atoms with E-state index in [1.54, 1.807) is 0 Å². The molecule has 0 spiro atoms. The van der Waals surface area contributed by atoms with Crippen molar-refractivity contribution in [3.63, 3.8) is 0 Å². The van der Waals surface area contributed by atoms with E-state index in [4.69, 9.17) is 0 Å². The van der Waals surface area contributed by atoms with Crippen LogP contribution in [0.4, 0.5) is 4.39 Å². The molecule has 0 aliphatic carbocycles. The van der Waals surface area contributed by atoms with Crippen LogP contribution in [0.1, 0.15) is 10.4 Å². The number of nitrogens with zero attached hydrogens (tertiary/aromatic N) is 1. The molecule has 1 aromatic rings. The normalized spacial score (nSPS) is 9.57. The lowest BCUT2D eigenvalue weighted by Crippen LogP contribution is -2.25. The highest BCUT2D eigenvalue weighted by Gasteiger charge is 2.10. The molecule has 3 nitrogen and oxygen atoms in total. The van der Waals surface area contributed by atoms with Gasteiger partial charge in [0.1, 0.15) is 0 Å². The van der Waals surface area contributed by atoms with Gasteiger partial charge in [-0.3, -0.25) is 4.79 Å². The molecule has 0 atom stereocenters. The maximum absolute atomic E-state index is 13.0. The third-order valence-corrected chi connectivity index (χ3v) is 1.72. The molecule has 0 radical (unpaired) electrons. The van der Waals surface area contributed by atoms with Crippen LogP contribution in [-0.4, -0.2) is 17.4 Å². The minimum atomic E-state index is -0.773. The molecule has 1 heterocycles. The summed E-state index contributed by atoms with van der Waals surface area (Å²) in [6, 6.07) is 2.87. The Bertz CT molecular complexity index is 368. The van der Waals surface area contributed by atoms with E-state index < -0.39 is 11.9 Å². The number of aromatic nitrogens is 1. The molecule has 5 heteroatoms. The smallest absolute Gasteiger partial charge is 0.256 e. The molecule has 0 unspecified atom stereocenters. The molecule has 1 aromatic heterocycles. The van der Waals surface area contributed by atoms with Crippen molar-refractivity contribution in [1.29, 1.82) is 0 Å². The molecule has 0 fully saturated rings. The summed E-state index contributed by atoms with van der Waals surface area (Å²) in [6.45, 7) is 3.79. The Labute approximate surface area is 89.2 Å². The zero-order valence-corrected chi connectivity index (χ0v) is 8.84. The first-order valence-corrected chi connectivity index (χ1v) is 4.62. The Kier molecular flexibility index (Phi) is 3.76. The van der Waals surface area contributed by atoms with E-state index in [1.165, 1.54) is 18.3 Å². The second kappa shape index (κ2) is 4.85. The third kappa shape index (κ3) is 2.92. The molecule has 0 bridgehead atoms. The van der Waals surface area contributed by atoms with Crippen LogP contribution in [0.25, 0.3) is 0 Å². The fourth-order valence-electron chi connectivity index (χ4n) is 0.827. The summed E-state index contributed by atoms with van der Waals surface area (Å²) in [5, 5.41) is 2.47. The molecule has 0 aromatic carbocycles. The lowest BCUT2D eigenvalue weighted by molar-refractivity contribution is 0.0953. The first kappa shape index (κ1) is 10.8. The molecule has 1 N–H and O–H groups in total. The summed E-state index contributed by atoms with van der Waals surface area (Å²) in [4.78, 5) is 14.7. The first-order chi connectivity index (χ1) is 6.61. The molecule has 1 rings (SSSR count). The van der Waals surface area contributed by atoms with Crippen LogP contribution in [0.3, 0.4) is 0 Å². The van der Waals surface area contributed by atoms with Crippen molar-refractivity contribution in [2.45, 2.75) is 0 Å². The average molecular weight is 259 g/mol. The number of hydrogen-bond acceptors (Lipinski definition) is 2. The lowest BCUT2D eigenvalue weighted by Gasteiger charge is -2.03. The van der Waals surface area contributed by atoms with Crippen molar-refractivity contribution in [2.24, 2.45) is 0 Å². The number of nitrogens with one attached hydrogen (secondary N) is 1. The van der Waals surface area contributed by atoms with Gasteiger partial charge >= 0.3 is 0 Å². The fraction of sp³-hybridized carbons (Fsp3) is 0.111. The predicted octanol–water partition coefficient (Wildman–Crippen LogP) is 1.86. The van der Waals surface area contributed by atoms with E-state index in [2.05, 4.69) is 32.8 Å². The Morgan fingerprint density at radius 1 is 1.71 bits per heavy atom. The number of carbonyl (C=O) groups is 1. The van der Waals surface area contributed by atoms with Crippen molar-refractivity contribution < 1.29 is 9.18 Å². The fourth-order valence-corrected chi connectivity index (χ4v) is 0.967. The average Bonchev–Trinajstić information content (AvgIpc) is 2.15. The lowest BCUT2D eigenvalue weighted by atomic mass is 10.2. The van der Waals surface area contributed by atoms with Gasteiger partial charge < -0.3 is 5.32 Å². The van der Waals surface area contributed by atoms with Crippen LogP contribution in [0.5, 0.6) is 0 Å². The van der Waals surface area contributed by atoms with Crippen molar-refractivity contribution in [3.8, 4) is 0 Å². The number of halogens is 2. The number of amides is 1. The first-order valence-electron chi connectivity index (χ1n) is 3.83. The van der Waals surface area contributed by atoms with Gasteiger partial charge in [-0.2, -0.15) is 4.39 Å². The molecule has 14 heavy (non-hydrogen) atoms. The van der Waals surface area contributed by atoms with Crippen LogP contribution in [0.15, 0.2) is 29.4 Å². The molecule has 0 saturated heterocycles. The van der Waals surface area contributed by atoms with Crippen molar-refractivity contribution >= 4 is 21.8 Å². The molecule has 0 aliphatic rings. The van der Waals surface area contributed by atoms with E-state index in [0.717, 1.165) is 0 Å². The van der Waals surface area contributed by atoms with Crippen LogP contribution in [0.2, 0.25) is 0 Å². The molecule has 74 valence electrons. The van der Waals surface area contributed by atoms with Crippen molar-refractivity contribution in [3.05, 3.63) is 40.9 Å². The highest BCUT2D eigenvalue weighted by molar-refractivity contribution is 9.11. The summed E-state index contributed by atoms with van der Waals surface area (Å²) in [7, 11) is 0. The Balaban J connectivity index is 2.70.